The summed E-state index contributed by atoms with van der Waals surface area (Å²) >= 11 is 0. The van der Waals surface area contributed by atoms with Gasteiger partial charge in [-0.3, -0.25) is 0 Å². The second-order valence-corrected chi connectivity index (χ2v) is 6.80. The van der Waals surface area contributed by atoms with Gasteiger partial charge in [-0.2, -0.15) is 0 Å². The van der Waals surface area contributed by atoms with Crippen LogP contribution < -0.4 is 0 Å². The van der Waals surface area contributed by atoms with Crippen molar-refractivity contribution in [1.82, 2.24) is 0 Å². The van der Waals surface area contributed by atoms with Gasteiger partial charge in [0.25, 0.3) is 0 Å². The molecule has 3 unspecified atom stereocenters. The molecule has 84 valence electrons. The smallest absolute Gasteiger partial charge is 0.0332 e. The molecular formula is C14H28. The van der Waals surface area contributed by atoms with E-state index >= 15 is 0 Å². The third-order valence-electron chi connectivity index (χ3n) is 4.13. The molecule has 0 aliphatic heterocycles. The van der Waals surface area contributed by atoms with Gasteiger partial charge in [0.1, 0.15) is 0 Å². The van der Waals surface area contributed by atoms with Crippen molar-refractivity contribution >= 4 is 0 Å². The fourth-order valence-corrected chi connectivity index (χ4v) is 3.20. The van der Waals surface area contributed by atoms with E-state index in [1.54, 1.807) is 0 Å². The number of hydrogen-bond acceptors (Lipinski definition) is 0. The molecular weight excluding hydrogens is 168 g/mol. The lowest BCUT2D eigenvalue weighted by Crippen LogP contribution is -2.36. The van der Waals surface area contributed by atoms with E-state index in [0.717, 1.165) is 23.7 Å². The topological polar surface area (TPSA) is 0 Å². The maximum atomic E-state index is 2.43. The molecule has 1 rings (SSSR count). The largest absolute Gasteiger partial charge is 0.0625 e. The molecule has 0 bridgehead atoms. The van der Waals surface area contributed by atoms with Gasteiger partial charge >= 0.3 is 0 Å². The molecule has 0 aromatic carbocycles. The minimum Gasteiger partial charge on any atom is -0.0625 e. The summed E-state index contributed by atoms with van der Waals surface area (Å²) < 4.78 is 0. The second-order valence-electron chi connectivity index (χ2n) is 6.80. The third-order valence-corrected chi connectivity index (χ3v) is 4.13. The fourth-order valence-electron chi connectivity index (χ4n) is 3.20. The van der Waals surface area contributed by atoms with Gasteiger partial charge in [0.15, 0.2) is 0 Å². The van der Waals surface area contributed by atoms with Crippen LogP contribution in [0.4, 0.5) is 0 Å². The van der Waals surface area contributed by atoms with Crippen LogP contribution in [0.5, 0.6) is 0 Å². The zero-order chi connectivity index (χ0) is 10.9. The average Bonchev–Trinajstić information content (AvgIpc) is 2.01. The highest BCUT2D eigenvalue weighted by Gasteiger charge is 2.37. The first-order valence-electron chi connectivity index (χ1n) is 6.32. The molecule has 1 fully saturated rings. The molecule has 0 aromatic rings. The Balaban J connectivity index is 2.74. The van der Waals surface area contributed by atoms with Crippen molar-refractivity contribution < 1.29 is 0 Å². The van der Waals surface area contributed by atoms with Crippen LogP contribution in [0.1, 0.15) is 60.8 Å². The van der Waals surface area contributed by atoms with Crippen LogP contribution in [0.15, 0.2) is 0 Å². The molecule has 0 heterocycles. The number of hydrogen-bond donors (Lipinski definition) is 0. The van der Waals surface area contributed by atoms with E-state index in [9.17, 15) is 0 Å². The number of rotatable bonds is 1. The lowest BCUT2D eigenvalue weighted by atomic mass is 9.61. The van der Waals surface area contributed by atoms with Crippen LogP contribution in [-0.2, 0) is 0 Å². The van der Waals surface area contributed by atoms with Crippen molar-refractivity contribution in [2.24, 2.45) is 29.1 Å². The van der Waals surface area contributed by atoms with Gasteiger partial charge in [0, 0.05) is 0 Å². The Hall–Kier alpha value is 0. The van der Waals surface area contributed by atoms with Crippen LogP contribution in [0.3, 0.4) is 0 Å². The van der Waals surface area contributed by atoms with Crippen molar-refractivity contribution in [2.75, 3.05) is 0 Å². The predicted octanol–water partition coefficient (Wildman–Crippen LogP) is 4.74. The molecule has 0 saturated heterocycles. The Kier molecular flexibility index (Phi) is 3.66. The van der Waals surface area contributed by atoms with E-state index in [2.05, 4.69) is 41.5 Å². The molecule has 0 radical (unpaired) electrons. The van der Waals surface area contributed by atoms with Crippen molar-refractivity contribution in [2.45, 2.75) is 60.8 Å². The van der Waals surface area contributed by atoms with Crippen molar-refractivity contribution in [3.05, 3.63) is 0 Å². The fraction of sp³-hybridized carbons (Fsp3) is 1.00. The average molecular weight is 196 g/mol. The highest BCUT2D eigenvalue weighted by Crippen LogP contribution is 2.46. The highest BCUT2D eigenvalue weighted by molar-refractivity contribution is 4.87. The maximum Gasteiger partial charge on any atom is -0.0332 e. The monoisotopic (exact) mass is 196 g/mol. The molecule has 0 spiro atoms. The van der Waals surface area contributed by atoms with Gasteiger partial charge in [0.2, 0.25) is 0 Å². The van der Waals surface area contributed by atoms with E-state index in [1.807, 2.05) is 0 Å². The molecule has 1 saturated carbocycles. The van der Waals surface area contributed by atoms with E-state index in [1.165, 1.54) is 19.3 Å². The normalized spacial score (nSPS) is 34.9. The second kappa shape index (κ2) is 4.24. The highest BCUT2D eigenvalue weighted by atomic mass is 14.4. The first-order chi connectivity index (χ1) is 6.32. The molecule has 3 atom stereocenters. The molecule has 0 amide bonds. The third kappa shape index (κ3) is 2.74. The van der Waals surface area contributed by atoms with Crippen molar-refractivity contribution in [3.63, 3.8) is 0 Å². The summed E-state index contributed by atoms with van der Waals surface area (Å²) in [6.07, 6.45) is 4.36. The summed E-state index contributed by atoms with van der Waals surface area (Å²) in [5.41, 5.74) is 0.504. The van der Waals surface area contributed by atoms with Crippen molar-refractivity contribution in [3.8, 4) is 0 Å². The summed E-state index contributed by atoms with van der Waals surface area (Å²) in [6, 6.07) is 0. The summed E-state index contributed by atoms with van der Waals surface area (Å²) in [5.74, 6) is 3.72. The molecule has 0 heteroatoms. The minimum atomic E-state index is 0.504. The summed E-state index contributed by atoms with van der Waals surface area (Å²) in [5, 5.41) is 0. The van der Waals surface area contributed by atoms with Crippen LogP contribution in [0, 0.1) is 29.1 Å². The lowest BCUT2D eigenvalue weighted by molar-refractivity contribution is 0.0538. The summed E-state index contributed by atoms with van der Waals surface area (Å²) in [4.78, 5) is 0. The Morgan fingerprint density at radius 1 is 1.07 bits per heavy atom. The Bertz CT molecular complexity index is 173. The lowest BCUT2D eigenvalue weighted by Gasteiger charge is -2.44. The van der Waals surface area contributed by atoms with Gasteiger partial charge in [-0.1, -0.05) is 48.0 Å². The van der Waals surface area contributed by atoms with E-state index in [-0.39, 0.29) is 0 Å². The first-order valence-corrected chi connectivity index (χ1v) is 6.32. The Morgan fingerprint density at radius 2 is 1.64 bits per heavy atom. The molecule has 1 aliphatic rings. The van der Waals surface area contributed by atoms with Crippen LogP contribution in [0.2, 0.25) is 0 Å². The molecule has 1 aliphatic carbocycles. The van der Waals surface area contributed by atoms with E-state index in [0.29, 0.717) is 5.41 Å². The van der Waals surface area contributed by atoms with Gasteiger partial charge < -0.3 is 0 Å². The van der Waals surface area contributed by atoms with Crippen LogP contribution in [-0.4, -0.2) is 0 Å². The van der Waals surface area contributed by atoms with Crippen LogP contribution >= 0.6 is 0 Å². The van der Waals surface area contributed by atoms with Gasteiger partial charge in [-0.15, -0.1) is 0 Å². The van der Waals surface area contributed by atoms with Gasteiger partial charge in [-0.25, -0.2) is 0 Å². The Morgan fingerprint density at radius 3 is 2.07 bits per heavy atom. The molecule has 0 aromatic heterocycles. The van der Waals surface area contributed by atoms with Gasteiger partial charge in [-0.05, 0) is 41.9 Å². The summed E-state index contributed by atoms with van der Waals surface area (Å²) in [6.45, 7) is 14.5. The zero-order valence-electron chi connectivity index (χ0n) is 10.9. The maximum absolute atomic E-state index is 2.43. The van der Waals surface area contributed by atoms with E-state index < -0.39 is 0 Å². The van der Waals surface area contributed by atoms with E-state index in [4.69, 9.17) is 0 Å². The predicted molar refractivity (Wildman–Crippen MR) is 64.3 cm³/mol. The van der Waals surface area contributed by atoms with Gasteiger partial charge in [0.05, 0.1) is 0 Å². The molecule has 0 N–H and O–H groups in total. The SMILES string of the molecule is CC1CCC(C(C)C)C(C(C)(C)C)C1. The first kappa shape index (κ1) is 12.1. The van der Waals surface area contributed by atoms with Crippen molar-refractivity contribution in [1.29, 1.82) is 0 Å². The van der Waals surface area contributed by atoms with Crippen LogP contribution in [0.25, 0.3) is 0 Å². The quantitative estimate of drug-likeness (QED) is 0.568. The Labute approximate surface area is 90.5 Å². The zero-order valence-corrected chi connectivity index (χ0v) is 10.9. The standard InChI is InChI=1S/C14H28/c1-10(2)12-8-7-11(3)9-13(12)14(4,5)6/h10-13H,7-9H2,1-6H3. The molecule has 0 nitrogen and oxygen atoms in total. The minimum absolute atomic E-state index is 0.504. The summed E-state index contributed by atoms with van der Waals surface area (Å²) in [7, 11) is 0. The molecule has 14 heavy (non-hydrogen) atoms.